The SMILES string of the molecule is O=C1OCc2ccc(NCC(O)(c3ccc4c(cnn4-c4ccc(F)cc4)c3)C(F)(F)F)cc21. The number of anilines is 1. The molecular weight excluding hydrogens is 454 g/mol. The van der Waals surface area contributed by atoms with Crippen LogP contribution in [0, 0.1) is 5.82 Å². The van der Waals surface area contributed by atoms with Gasteiger partial charge in [0.1, 0.15) is 12.4 Å². The molecule has 0 saturated heterocycles. The molecule has 4 aromatic rings. The van der Waals surface area contributed by atoms with Crippen molar-refractivity contribution in [2.75, 3.05) is 11.9 Å². The van der Waals surface area contributed by atoms with Crippen LogP contribution in [0.25, 0.3) is 16.6 Å². The van der Waals surface area contributed by atoms with Gasteiger partial charge in [0.25, 0.3) is 0 Å². The Morgan fingerprint density at radius 3 is 2.56 bits per heavy atom. The second kappa shape index (κ2) is 7.84. The monoisotopic (exact) mass is 471 g/mol. The zero-order chi connectivity index (χ0) is 24.1. The van der Waals surface area contributed by atoms with E-state index >= 15 is 0 Å². The van der Waals surface area contributed by atoms with Crippen LogP contribution < -0.4 is 5.32 Å². The number of alkyl halides is 3. The summed E-state index contributed by atoms with van der Waals surface area (Å²) in [6.07, 6.45) is -3.63. The molecule has 0 aliphatic carbocycles. The molecule has 1 unspecified atom stereocenters. The topological polar surface area (TPSA) is 76.4 Å². The third-order valence-corrected chi connectivity index (χ3v) is 5.82. The van der Waals surface area contributed by atoms with Gasteiger partial charge in [-0.05, 0) is 54.1 Å². The molecule has 2 heterocycles. The first-order chi connectivity index (χ1) is 16.2. The summed E-state index contributed by atoms with van der Waals surface area (Å²) in [4.78, 5) is 11.7. The van der Waals surface area contributed by atoms with Crippen LogP contribution in [-0.4, -0.2) is 33.6 Å². The van der Waals surface area contributed by atoms with E-state index in [4.69, 9.17) is 4.74 Å². The summed E-state index contributed by atoms with van der Waals surface area (Å²) in [7, 11) is 0. The number of ether oxygens (including phenoxy) is 1. The molecule has 10 heteroatoms. The Morgan fingerprint density at radius 1 is 1.06 bits per heavy atom. The molecule has 6 nitrogen and oxygen atoms in total. The highest BCUT2D eigenvalue weighted by Crippen LogP contribution is 2.40. The van der Waals surface area contributed by atoms with Crippen molar-refractivity contribution in [3.63, 3.8) is 0 Å². The largest absolute Gasteiger partial charge is 0.457 e. The molecule has 3 aromatic carbocycles. The van der Waals surface area contributed by atoms with E-state index in [0.717, 1.165) is 0 Å². The molecule has 0 radical (unpaired) electrons. The van der Waals surface area contributed by atoms with Gasteiger partial charge in [0.05, 0.1) is 29.5 Å². The van der Waals surface area contributed by atoms with Crippen molar-refractivity contribution in [1.29, 1.82) is 0 Å². The number of cyclic esters (lactones) is 1. The highest BCUT2D eigenvalue weighted by atomic mass is 19.4. The first-order valence-electron chi connectivity index (χ1n) is 10.2. The first kappa shape index (κ1) is 21.9. The Balaban J connectivity index is 1.47. The normalized spacial score (nSPS) is 15.1. The average molecular weight is 471 g/mol. The van der Waals surface area contributed by atoms with Crippen molar-refractivity contribution in [2.24, 2.45) is 0 Å². The summed E-state index contributed by atoms with van der Waals surface area (Å²) in [6.45, 7) is -0.769. The number of benzene rings is 3. The summed E-state index contributed by atoms with van der Waals surface area (Å²) in [5, 5.41) is 17.9. The molecule has 0 bridgehead atoms. The van der Waals surface area contributed by atoms with Crippen LogP contribution in [0.15, 0.2) is 66.9 Å². The first-order valence-corrected chi connectivity index (χ1v) is 10.2. The second-order valence-electron chi connectivity index (χ2n) is 7.97. The molecule has 0 amide bonds. The lowest BCUT2D eigenvalue weighted by Gasteiger charge is -2.31. The van der Waals surface area contributed by atoms with Crippen molar-refractivity contribution in [1.82, 2.24) is 9.78 Å². The van der Waals surface area contributed by atoms with Crippen LogP contribution in [0.4, 0.5) is 23.2 Å². The molecule has 1 atom stereocenters. The van der Waals surface area contributed by atoms with Crippen molar-refractivity contribution >= 4 is 22.6 Å². The van der Waals surface area contributed by atoms with E-state index in [2.05, 4.69) is 10.4 Å². The van der Waals surface area contributed by atoms with Crippen LogP contribution in [0.2, 0.25) is 0 Å². The summed E-state index contributed by atoms with van der Waals surface area (Å²) in [5.74, 6) is -0.973. The minimum Gasteiger partial charge on any atom is -0.457 e. The van der Waals surface area contributed by atoms with Gasteiger partial charge in [0, 0.05) is 16.6 Å². The number of nitrogens with one attached hydrogen (secondary N) is 1. The molecular formula is C24H17F4N3O3. The fraction of sp³-hybridized carbons (Fsp3) is 0.167. The minimum absolute atomic E-state index is 0.118. The lowest BCUT2D eigenvalue weighted by molar-refractivity contribution is -0.260. The Morgan fingerprint density at radius 2 is 1.82 bits per heavy atom. The maximum Gasteiger partial charge on any atom is 0.423 e. The fourth-order valence-electron chi connectivity index (χ4n) is 3.90. The van der Waals surface area contributed by atoms with Crippen molar-refractivity contribution in [2.45, 2.75) is 18.4 Å². The van der Waals surface area contributed by atoms with Gasteiger partial charge in [-0.1, -0.05) is 12.1 Å². The highest BCUT2D eigenvalue weighted by molar-refractivity contribution is 5.94. The van der Waals surface area contributed by atoms with Gasteiger partial charge in [-0.2, -0.15) is 18.3 Å². The number of carbonyl (C=O) groups excluding carboxylic acids is 1. The predicted octanol–water partition coefficient (Wildman–Crippen LogP) is 4.70. The zero-order valence-corrected chi connectivity index (χ0v) is 17.4. The Kier molecular flexibility index (Phi) is 5.05. The number of nitrogens with zero attached hydrogens (tertiary/aromatic N) is 2. The number of hydrogen-bond donors (Lipinski definition) is 2. The van der Waals surface area contributed by atoms with E-state index in [1.54, 1.807) is 6.07 Å². The number of aromatic nitrogens is 2. The van der Waals surface area contributed by atoms with Crippen molar-refractivity contribution in [3.8, 4) is 5.69 Å². The summed E-state index contributed by atoms with van der Waals surface area (Å²) >= 11 is 0. The van der Waals surface area contributed by atoms with Gasteiger partial charge in [0.15, 0.2) is 0 Å². The fourth-order valence-corrected chi connectivity index (χ4v) is 3.90. The van der Waals surface area contributed by atoms with Crippen LogP contribution in [-0.2, 0) is 16.9 Å². The Bertz CT molecular complexity index is 1400. The Hall–Kier alpha value is -3.92. The molecule has 1 aromatic heterocycles. The van der Waals surface area contributed by atoms with Gasteiger partial charge in [-0.15, -0.1) is 0 Å². The van der Waals surface area contributed by atoms with Gasteiger partial charge < -0.3 is 15.2 Å². The zero-order valence-electron chi connectivity index (χ0n) is 17.4. The van der Waals surface area contributed by atoms with E-state index < -0.39 is 30.1 Å². The van der Waals surface area contributed by atoms with Crippen LogP contribution in [0.5, 0.6) is 0 Å². The third kappa shape index (κ3) is 3.65. The summed E-state index contributed by atoms with van der Waals surface area (Å²) in [6, 6.07) is 13.8. The molecule has 0 saturated carbocycles. The lowest BCUT2D eigenvalue weighted by Crippen LogP contribution is -2.47. The van der Waals surface area contributed by atoms with Crippen LogP contribution >= 0.6 is 0 Å². The molecule has 34 heavy (non-hydrogen) atoms. The number of rotatable bonds is 5. The maximum atomic E-state index is 14.1. The van der Waals surface area contributed by atoms with E-state index in [1.165, 1.54) is 65.5 Å². The van der Waals surface area contributed by atoms with Gasteiger partial charge in [-0.25, -0.2) is 13.9 Å². The number of esters is 1. The summed E-state index contributed by atoms with van der Waals surface area (Å²) in [5.41, 5.74) is -1.42. The maximum absolute atomic E-state index is 14.1. The number of fused-ring (bicyclic) bond motifs is 2. The number of hydrogen-bond acceptors (Lipinski definition) is 5. The number of carbonyl (C=O) groups is 1. The molecule has 5 rings (SSSR count). The Labute approximate surface area is 190 Å². The highest BCUT2D eigenvalue weighted by Gasteiger charge is 2.55. The standard InChI is InChI=1S/C24H17F4N3O3/c25-17-3-6-19(7-4-17)31-21-8-2-16(9-15(21)11-30-31)23(33,24(26,27)28)13-29-18-5-1-14-12-34-22(32)20(14)10-18/h1-11,29,33H,12-13H2. The van der Waals surface area contributed by atoms with E-state index in [-0.39, 0.29) is 23.4 Å². The van der Waals surface area contributed by atoms with Gasteiger partial charge in [-0.3, -0.25) is 0 Å². The smallest absolute Gasteiger partial charge is 0.423 e. The van der Waals surface area contributed by atoms with Crippen molar-refractivity contribution in [3.05, 3.63) is 89.4 Å². The molecule has 174 valence electrons. The molecule has 0 spiro atoms. The van der Waals surface area contributed by atoms with E-state index in [9.17, 15) is 27.5 Å². The van der Waals surface area contributed by atoms with Crippen LogP contribution in [0.1, 0.15) is 21.5 Å². The molecule has 1 aliphatic rings. The lowest BCUT2D eigenvalue weighted by atomic mass is 9.91. The number of aliphatic hydroxyl groups is 1. The third-order valence-electron chi connectivity index (χ3n) is 5.82. The number of halogens is 4. The quantitative estimate of drug-likeness (QED) is 0.326. The molecule has 1 aliphatic heterocycles. The minimum atomic E-state index is -5.00. The van der Waals surface area contributed by atoms with E-state index in [1.807, 2.05) is 0 Å². The summed E-state index contributed by atoms with van der Waals surface area (Å²) < 4.78 is 61.8. The van der Waals surface area contributed by atoms with Gasteiger partial charge in [0.2, 0.25) is 5.60 Å². The van der Waals surface area contributed by atoms with Gasteiger partial charge >= 0.3 is 12.1 Å². The van der Waals surface area contributed by atoms with E-state index in [0.29, 0.717) is 22.2 Å². The molecule has 2 N–H and O–H groups in total. The average Bonchev–Trinajstić information content (AvgIpc) is 3.40. The molecule has 0 fully saturated rings. The van der Waals surface area contributed by atoms with Crippen molar-refractivity contribution < 1.29 is 32.2 Å². The predicted molar refractivity (Wildman–Crippen MR) is 115 cm³/mol. The van der Waals surface area contributed by atoms with Crippen LogP contribution in [0.3, 0.4) is 0 Å². The second-order valence-corrected chi connectivity index (χ2v) is 7.97.